The summed E-state index contributed by atoms with van der Waals surface area (Å²) in [6.45, 7) is 13.5. The summed E-state index contributed by atoms with van der Waals surface area (Å²) in [5, 5.41) is 2.24. The third kappa shape index (κ3) is 4.10. The molecule has 1 aliphatic heterocycles. The van der Waals surface area contributed by atoms with Crippen LogP contribution in [0.15, 0.2) is 73.5 Å². The van der Waals surface area contributed by atoms with Gasteiger partial charge in [-0.05, 0) is 46.0 Å². The normalized spacial score (nSPS) is 14.7. The Kier molecular flexibility index (Phi) is 5.92. The van der Waals surface area contributed by atoms with Gasteiger partial charge in [-0.15, -0.1) is 0 Å². The fourth-order valence-electron chi connectivity index (χ4n) is 4.49. The van der Waals surface area contributed by atoms with Gasteiger partial charge >= 0.3 is 0 Å². The van der Waals surface area contributed by atoms with Crippen LogP contribution in [0.1, 0.15) is 25.6 Å². The van der Waals surface area contributed by atoms with E-state index < -0.39 is 0 Å². The Morgan fingerprint density at radius 1 is 1.21 bits per heavy atom. The number of hydrogen-bond donors (Lipinski definition) is 0. The molecule has 4 heterocycles. The molecule has 0 amide bonds. The molecule has 1 fully saturated rings. The zero-order chi connectivity index (χ0) is 23.8. The lowest BCUT2D eigenvalue weighted by Crippen LogP contribution is -2.46. The first-order valence-corrected chi connectivity index (χ1v) is 11.9. The Labute approximate surface area is 201 Å². The number of hydrogen-bond acceptors (Lipinski definition) is 5. The van der Waals surface area contributed by atoms with Gasteiger partial charge in [0.2, 0.25) is 0 Å². The minimum atomic E-state index is 0.349. The highest BCUT2D eigenvalue weighted by Gasteiger charge is 2.30. The maximum Gasteiger partial charge on any atom is 0.144 e. The van der Waals surface area contributed by atoms with Crippen LogP contribution in [-0.4, -0.2) is 62.0 Å². The minimum Gasteiger partial charge on any atom is -0.368 e. The number of rotatable bonds is 7. The fraction of sp³-hybridized carbons (Fsp3) is 0.321. The number of nitrogens with zero attached hydrogens (tertiary/aromatic N) is 6. The maximum absolute atomic E-state index is 4.69. The third-order valence-corrected chi connectivity index (χ3v) is 6.95. The largest absolute Gasteiger partial charge is 0.368 e. The molecule has 0 unspecified atom stereocenters. The van der Waals surface area contributed by atoms with Crippen molar-refractivity contribution < 1.29 is 0 Å². The molecule has 0 N–H and O–H groups in total. The number of allylic oxidation sites excluding steroid dienone is 1. The van der Waals surface area contributed by atoms with Crippen LogP contribution in [0.5, 0.6) is 0 Å². The Balaban J connectivity index is 1.40. The van der Waals surface area contributed by atoms with Crippen molar-refractivity contribution in [1.82, 2.24) is 29.3 Å². The summed E-state index contributed by atoms with van der Waals surface area (Å²) in [5.41, 5.74) is 6.28. The number of aryl methyl sites for hydroxylation is 1. The predicted octanol–water partition coefficient (Wildman–Crippen LogP) is 5.22. The highest BCUT2D eigenvalue weighted by molar-refractivity contribution is 5.97. The molecule has 174 valence electrons. The quantitative estimate of drug-likeness (QED) is 0.360. The summed E-state index contributed by atoms with van der Waals surface area (Å²) in [5.74, 6) is 0. The SMILES string of the molecule is C=C(/C=C/CN(C)C(C)C)N1CC(n2cc(-c3cnc4ccccc4c3)c3c(C)ncnc32)C1. The Hall–Kier alpha value is -3.51. The average Bonchev–Trinajstić information content (AvgIpc) is 3.18. The second-order valence-electron chi connectivity index (χ2n) is 9.51. The van der Waals surface area contributed by atoms with Crippen molar-refractivity contribution in [3.63, 3.8) is 0 Å². The van der Waals surface area contributed by atoms with Gasteiger partial charge in [0.15, 0.2) is 0 Å². The van der Waals surface area contributed by atoms with E-state index in [0.29, 0.717) is 12.1 Å². The molecule has 6 heteroatoms. The molecule has 4 aromatic rings. The molecule has 6 nitrogen and oxygen atoms in total. The number of aromatic nitrogens is 4. The second kappa shape index (κ2) is 9.03. The van der Waals surface area contributed by atoms with E-state index in [0.717, 1.165) is 64.1 Å². The number of likely N-dealkylation sites (tertiary alicyclic amines) is 1. The maximum atomic E-state index is 4.69. The van der Waals surface area contributed by atoms with Crippen LogP contribution in [0.4, 0.5) is 0 Å². The van der Waals surface area contributed by atoms with Crippen molar-refractivity contribution in [2.24, 2.45) is 0 Å². The standard InChI is InChI=1S/C28H32N6/c1-19(2)32(5)12-8-9-20(3)33-15-24(16-33)34-17-25(27-21(4)30-18-31-28(27)34)23-13-22-10-6-7-11-26(22)29-14-23/h6-11,13-14,17-19,24H,3,12,15-16H2,1-2,4-5H3/b9-8+. The van der Waals surface area contributed by atoms with Gasteiger partial charge in [-0.25, -0.2) is 9.97 Å². The topological polar surface area (TPSA) is 50.1 Å². The molecule has 3 aromatic heterocycles. The molecular formula is C28H32N6. The van der Waals surface area contributed by atoms with Crippen LogP contribution in [0.25, 0.3) is 33.1 Å². The van der Waals surface area contributed by atoms with Gasteiger partial charge < -0.3 is 14.4 Å². The van der Waals surface area contributed by atoms with Crippen LogP contribution in [0.3, 0.4) is 0 Å². The van der Waals surface area contributed by atoms with Gasteiger partial charge in [-0.1, -0.05) is 30.9 Å². The summed E-state index contributed by atoms with van der Waals surface area (Å²) in [7, 11) is 2.14. The Morgan fingerprint density at radius 2 is 2.00 bits per heavy atom. The molecule has 0 radical (unpaired) electrons. The van der Waals surface area contributed by atoms with Gasteiger partial charge in [-0.2, -0.15) is 0 Å². The second-order valence-corrected chi connectivity index (χ2v) is 9.51. The predicted molar refractivity (Wildman–Crippen MR) is 140 cm³/mol. The number of para-hydroxylation sites is 1. The van der Waals surface area contributed by atoms with E-state index in [1.807, 2.05) is 18.3 Å². The van der Waals surface area contributed by atoms with E-state index in [9.17, 15) is 0 Å². The van der Waals surface area contributed by atoms with Crippen LogP contribution < -0.4 is 0 Å². The van der Waals surface area contributed by atoms with Crippen LogP contribution in [-0.2, 0) is 0 Å². The Morgan fingerprint density at radius 3 is 2.79 bits per heavy atom. The van der Waals surface area contributed by atoms with Crippen molar-refractivity contribution in [1.29, 1.82) is 0 Å². The van der Waals surface area contributed by atoms with E-state index >= 15 is 0 Å². The summed E-state index contributed by atoms with van der Waals surface area (Å²) in [6, 6.07) is 11.3. The monoisotopic (exact) mass is 452 g/mol. The van der Waals surface area contributed by atoms with Crippen molar-refractivity contribution in [2.75, 3.05) is 26.7 Å². The lowest BCUT2D eigenvalue weighted by molar-refractivity contribution is 0.158. The first-order chi connectivity index (χ1) is 16.4. The van der Waals surface area contributed by atoms with Crippen LogP contribution in [0.2, 0.25) is 0 Å². The fourth-order valence-corrected chi connectivity index (χ4v) is 4.49. The number of pyridine rings is 1. The lowest BCUT2D eigenvalue weighted by atomic mass is 10.0. The zero-order valence-electron chi connectivity index (χ0n) is 20.4. The van der Waals surface area contributed by atoms with Crippen molar-refractivity contribution in [2.45, 2.75) is 32.9 Å². The minimum absolute atomic E-state index is 0.349. The van der Waals surface area contributed by atoms with Crippen molar-refractivity contribution >= 4 is 21.9 Å². The van der Waals surface area contributed by atoms with Gasteiger partial charge in [0.05, 0.1) is 17.3 Å². The van der Waals surface area contributed by atoms with Crippen LogP contribution >= 0.6 is 0 Å². The van der Waals surface area contributed by atoms with Crippen LogP contribution in [0, 0.1) is 6.92 Å². The van der Waals surface area contributed by atoms with E-state index in [2.05, 4.69) is 100 Å². The first kappa shape index (κ1) is 22.3. The molecule has 1 saturated heterocycles. The summed E-state index contributed by atoms with van der Waals surface area (Å²) < 4.78 is 2.31. The van der Waals surface area contributed by atoms with Crippen molar-refractivity contribution in [3.8, 4) is 11.1 Å². The third-order valence-electron chi connectivity index (χ3n) is 6.95. The highest BCUT2D eigenvalue weighted by atomic mass is 15.3. The molecule has 0 aliphatic carbocycles. The highest BCUT2D eigenvalue weighted by Crippen LogP contribution is 2.36. The Bertz CT molecular complexity index is 1380. The molecule has 34 heavy (non-hydrogen) atoms. The van der Waals surface area contributed by atoms with E-state index in [1.54, 1.807) is 6.33 Å². The van der Waals surface area contributed by atoms with E-state index in [-0.39, 0.29) is 0 Å². The van der Waals surface area contributed by atoms with E-state index in [4.69, 9.17) is 0 Å². The van der Waals surface area contributed by atoms with Gasteiger partial charge in [0.25, 0.3) is 0 Å². The zero-order valence-corrected chi connectivity index (χ0v) is 20.4. The summed E-state index contributed by atoms with van der Waals surface area (Å²) in [4.78, 5) is 18.5. The smallest absolute Gasteiger partial charge is 0.144 e. The number of fused-ring (bicyclic) bond motifs is 2. The van der Waals surface area contributed by atoms with Gasteiger partial charge in [0, 0.05) is 65.7 Å². The van der Waals surface area contributed by atoms with Gasteiger partial charge in [-0.3, -0.25) is 4.98 Å². The molecule has 5 rings (SSSR count). The summed E-state index contributed by atoms with van der Waals surface area (Å²) in [6.07, 6.45) is 10.2. The number of likely N-dealkylation sites (N-methyl/N-ethyl adjacent to an activating group) is 1. The molecule has 0 spiro atoms. The molecular weight excluding hydrogens is 420 g/mol. The van der Waals surface area contributed by atoms with E-state index in [1.165, 1.54) is 0 Å². The van der Waals surface area contributed by atoms with Gasteiger partial charge in [0.1, 0.15) is 12.0 Å². The molecule has 0 saturated carbocycles. The lowest BCUT2D eigenvalue weighted by Gasteiger charge is -2.42. The molecule has 0 atom stereocenters. The molecule has 1 aliphatic rings. The molecule has 1 aromatic carbocycles. The number of benzene rings is 1. The van der Waals surface area contributed by atoms with Crippen molar-refractivity contribution in [3.05, 3.63) is 79.2 Å². The first-order valence-electron chi connectivity index (χ1n) is 11.9. The summed E-state index contributed by atoms with van der Waals surface area (Å²) >= 11 is 0. The molecule has 0 bridgehead atoms. The average molecular weight is 453 g/mol.